The quantitative estimate of drug-likeness (QED) is 0.627. The zero-order chi connectivity index (χ0) is 15.5. The second-order valence-electron chi connectivity index (χ2n) is 6.86. The average Bonchev–Trinajstić information content (AvgIpc) is 3.31. The van der Waals surface area contributed by atoms with Crippen LogP contribution in [0.15, 0.2) is 11.6 Å². The molecule has 1 saturated carbocycles. The largest absolute Gasteiger partial charge is 0.380 e. The van der Waals surface area contributed by atoms with E-state index in [2.05, 4.69) is 6.08 Å². The number of hydrogen-bond acceptors (Lipinski definition) is 5. The van der Waals surface area contributed by atoms with Crippen LogP contribution in [0, 0.1) is 0 Å². The highest BCUT2D eigenvalue weighted by atomic mass is 16.7. The summed E-state index contributed by atoms with van der Waals surface area (Å²) in [7, 11) is 1.46. The summed E-state index contributed by atoms with van der Waals surface area (Å²) in [6, 6.07) is 0. The Morgan fingerprint density at radius 3 is 2.71 bits per heavy atom. The molecule has 21 heavy (non-hydrogen) atoms. The molecule has 0 aromatic carbocycles. The van der Waals surface area contributed by atoms with E-state index in [9.17, 15) is 9.90 Å². The summed E-state index contributed by atoms with van der Waals surface area (Å²) < 4.78 is 16.8. The molecule has 0 radical (unpaired) electrons. The average molecular weight is 296 g/mol. The van der Waals surface area contributed by atoms with Crippen LogP contribution in [-0.4, -0.2) is 53.6 Å². The lowest BCUT2D eigenvalue weighted by Gasteiger charge is -2.45. The van der Waals surface area contributed by atoms with Crippen LogP contribution in [0.5, 0.6) is 0 Å². The van der Waals surface area contributed by atoms with E-state index < -0.39 is 22.9 Å². The van der Waals surface area contributed by atoms with Crippen molar-refractivity contribution in [1.29, 1.82) is 0 Å². The smallest absolute Gasteiger partial charge is 0.164 e. The first-order valence-corrected chi connectivity index (χ1v) is 7.54. The van der Waals surface area contributed by atoms with Crippen molar-refractivity contribution in [3.63, 3.8) is 0 Å². The maximum atomic E-state index is 12.2. The lowest BCUT2D eigenvalue weighted by atomic mass is 9.65. The topological polar surface area (TPSA) is 71.6 Å². The van der Waals surface area contributed by atoms with E-state index in [1.54, 1.807) is 0 Å². The highest BCUT2D eigenvalue weighted by Crippen LogP contribution is 2.61. The normalized spacial score (nSPS) is 48.3. The van der Waals surface area contributed by atoms with Gasteiger partial charge < -0.3 is 19.3 Å². The number of hydrogen-bond donors (Lipinski definition) is 1. The van der Waals surface area contributed by atoms with Gasteiger partial charge in [0.1, 0.15) is 17.3 Å². The van der Waals surface area contributed by atoms with Gasteiger partial charge >= 0.3 is 0 Å². The Hall–Kier alpha value is -0.750. The molecular formula is C16H24O5. The number of rotatable bonds is 4. The van der Waals surface area contributed by atoms with Crippen LogP contribution < -0.4 is 0 Å². The van der Waals surface area contributed by atoms with Crippen molar-refractivity contribution in [3.05, 3.63) is 11.6 Å². The minimum Gasteiger partial charge on any atom is -0.380 e. The maximum absolute atomic E-state index is 12.2. The predicted octanol–water partition coefficient (Wildman–Crippen LogP) is 1.38. The second-order valence-corrected chi connectivity index (χ2v) is 6.86. The zero-order valence-corrected chi connectivity index (χ0v) is 13.1. The van der Waals surface area contributed by atoms with Crippen LogP contribution in [0.2, 0.25) is 0 Å². The first kappa shape index (κ1) is 15.2. The molecule has 0 aromatic rings. The minimum atomic E-state index is -1.41. The van der Waals surface area contributed by atoms with Crippen LogP contribution in [0.1, 0.15) is 40.0 Å². The third-order valence-electron chi connectivity index (χ3n) is 5.31. The molecule has 2 saturated heterocycles. The predicted molar refractivity (Wildman–Crippen MR) is 76.0 cm³/mol. The summed E-state index contributed by atoms with van der Waals surface area (Å²) in [6.07, 6.45) is 2.75. The summed E-state index contributed by atoms with van der Waals surface area (Å²) >= 11 is 0. The number of allylic oxidation sites excluding steroid dienone is 1. The molecule has 3 aliphatic rings. The van der Waals surface area contributed by atoms with Gasteiger partial charge in [-0.3, -0.25) is 4.79 Å². The summed E-state index contributed by atoms with van der Waals surface area (Å²) in [4.78, 5) is 12.2. The fourth-order valence-corrected chi connectivity index (χ4v) is 3.80. The monoisotopic (exact) mass is 296 g/mol. The van der Waals surface area contributed by atoms with Gasteiger partial charge in [-0.15, -0.1) is 0 Å². The van der Waals surface area contributed by atoms with Crippen molar-refractivity contribution < 1.29 is 24.1 Å². The molecule has 2 heterocycles. The number of Topliss-reactive ketones (excluding diaryl/α,β-unsaturated/α-hetero) is 1. The van der Waals surface area contributed by atoms with E-state index in [4.69, 9.17) is 14.2 Å². The Morgan fingerprint density at radius 1 is 1.52 bits per heavy atom. The molecule has 5 heteroatoms. The van der Waals surface area contributed by atoms with Crippen LogP contribution >= 0.6 is 0 Å². The summed E-state index contributed by atoms with van der Waals surface area (Å²) in [5.74, 6) is -0.0705. The van der Waals surface area contributed by atoms with Gasteiger partial charge in [-0.1, -0.05) is 11.6 Å². The van der Waals surface area contributed by atoms with E-state index in [1.165, 1.54) is 12.7 Å². The Morgan fingerprint density at radius 2 is 2.19 bits per heavy atom. The molecule has 118 valence electrons. The molecule has 0 unspecified atom stereocenters. The molecule has 2 aliphatic heterocycles. The lowest BCUT2D eigenvalue weighted by Crippen LogP contribution is -2.69. The number of epoxide rings is 2. The number of carbonyl (C=O) groups excluding carboxylic acids is 1. The third kappa shape index (κ3) is 1.95. The van der Waals surface area contributed by atoms with Crippen LogP contribution in [0.3, 0.4) is 0 Å². The van der Waals surface area contributed by atoms with Gasteiger partial charge in [-0.05, 0) is 33.6 Å². The van der Waals surface area contributed by atoms with Crippen LogP contribution in [0.4, 0.5) is 0 Å². The van der Waals surface area contributed by atoms with E-state index in [-0.39, 0.29) is 11.9 Å². The van der Waals surface area contributed by atoms with Crippen molar-refractivity contribution in [1.82, 2.24) is 0 Å². The molecule has 3 fully saturated rings. The van der Waals surface area contributed by atoms with Crippen molar-refractivity contribution >= 4 is 5.78 Å². The molecule has 1 aliphatic carbocycles. The molecule has 0 aromatic heterocycles. The zero-order valence-electron chi connectivity index (χ0n) is 13.1. The summed E-state index contributed by atoms with van der Waals surface area (Å²) in [5.41, 5.74) is -1.69. The molecule has 0 amide bonds. The van der Waals surface area contributed by atoms with E-state index >= 15 is 0 Å². The SMILES string of the molecule is CO[C@H]1C(=O)CC[C@]2(CO2)[C@@]1(O)[C@@]1(C)O[C@@H]1CC=C(C)C. The van der Waals surface area contributed by atoms with Gasteiger partial charge in [-0.25, -0.2) is 0 Å². The highest BCUT2D eigenvalue weighted by Gasteiger charge is 2.81. The van der Waals surface area contributed by atoms with Gasteiger partial charge in [0.25, 0.3) is 0 Å². The first-order valence-electron chi connectivity index (χ1n) is 7.54. The molecular weight excluding hydrogens is 272 g/mol. The highest BCUT2D eigenvalue weighted by molar-refractivity contribution is 5.87. The Kier molecular flexibility index (Phi) is 3.34. The van der Waals surface area contributed by atoms with Crippen LogP contribution in [-0.2, 0) is 19.0 Å². The molecule has 1 N–H and O–H groups in total. The van der Waals surface area contributed by atoms with Crippen molar-refractivity contribution in [2.75, 3.05) is 13.7 Å². The van der Waals surface area contributed by atoms with Gasteiger partial charge in [0.05, 0.1) is 12.7 Å². The number of aliphatic hydroxyl groups is 1. The molecule has 5 nitrogen and oxygen atoms in total. The van der Waals surface area contributed by atoms with Crippen molar-refractivity contribution in [2.45, 2.75) is 69.0 Å². The number of ether oxygens (including phenoxy) is 3. The Labute approximate surface area is 125 Å². The third-order valence-corrected chi connectivity index (χ3v) is 5.31. The molecule has 0 bridgehead atoms. The second kappa shape index (κ2) is 4.62. The summed E-state index contributed by atoms with van der Waals surface area (Å²) in [5, 5.41) is 11.4. The fourth-order valence-electron chi connectivity index (χ4n) is 3.80. The van der Waals surface area contributed by atoms with Gasteiger partial charge in [0, 0.05) is 13.5 Å². The Bertz CT molecular complexity index is 491. The van der Waals surface area contributed by atoms with Crippen molar-refractivity contribution in [2.24, 2.45) is 0 Å². The standard InChI is InChI=1S/C16H24O5/c1-10(2)5-6-12-14(3,21-12)16(18)13(19-4)11(17)7-8-15(16)9-20-15/h5,12-13,18H,6-9H2,1-4H3/t12-,13+,14+,15+,16+/m1/s1. The van der Waals surface area contributed by atoms with Crippen LogP contribution in [0.25, 0.3) is 0 Å². The number of carbonyl (C=O) groups is 1. The molecule has 5 atom stereocenters. The number of ketones is 1. The van der Waals surface area contributed by atoms with Crippen molar-refractivity contribution in [3.8, 4) is 0 Å². The number of methoxy groups -OCH3 is 1. The lowest BCUT2D eigenvalue weighted by molar-refractivity contribution is -0.193. The van der Waals surface area contributed by atoms with E-state index in [0.717, 1.165) is 6.42 Å². The maximum Gasteiger partial charge on any atom is 0.164 e. The first-order chi connectivity index (χ1) is 9.81. The van der Waals surface area contributed by atoms with Gasteiger partial charge in [-0.2, -0.15) is 0 Å². The molecule has 1 spiro atoms. The van der Waals surface area contributed by atoms with E-state index in [0.29, 0.717) is 19.4 Å². The van der Waals surface area contributed by atoms with Gasteiger partial charge in [0.2, 0.25) is 0 Å². The van der Waals surface area contributed by atoms with E-state index in [1.807, 2.05) is 20.8 Å². The molecule has 3 rings (SSSR count). The summed E-state index contributed by atoms with van der Waals surface area (Å²) in [6.45, 7) is 6.39. The minimum absolute atomic E-state index is 0.0705. The van der Waals surface area contributed by atoms with Gasteiger partial charge in [0.15, 0.2) is 11.4 Å². The Balaban J connectivity index is 1.90. The fraction of sp³-hybridized carbons (Fsp3) is 0.812.